The number of aliphatic carboxylic acids is 1. The van der Waals surface area contributed by atoms with E-state index < -0.39 is 21.7 Å². The highest BCUT2D eigenvalue weighted by Gasteiger charge is 2.32. The van der Waals surface area contributed by atoms with Crippen LogP contribution in [-0.4, -0.2) is 37.5 Å². The second kappa shape index (κ2) is 4.01. The van der Waals surface area contributed by atoms with Crippen LogP contribution in [-0.2, 0) is 14.8 Å². The average molecular weight is 211 g/mol. The van der Waals surface area contributed by atoms with Crippen molar-refractivity contribution in [3.05, 3.63) is 0 Å². The standard InChI is InChI=1S/C5H13N3O4S/c1-5(7,4(9)10)8-13(11,12)3-2-6/h8H,2-3,6-7H2,1H3,(H,9,10)/t5-/m0/s1. The van der Waals surface area contributed by atoms with Gasteiger partial charge in [-0.1, -0.05) is 0 Å². The molecule has 0 unspecified atom stereocenters. The van der Waals surface area contributed by atoms with Gasteiger partial charge in [0.15, 0.2) is 5.66 Å². The molecule has 0 saturated carbocycles. The van der Waals surface area contributed by atoms with Crippen LogP contribution in [0.4, 0.5) is 0 Å². The molecule has 0 aromatic heterocycles. The van der Waals surface area contributed by atoms with Gasteiger partial charge in [0, 0.05) is 6.54 Å². The fourth-order valence-corrected chi connectivity index (χ4v) is 1.72. The van der Waals surface area contributed by atoms with Crippen molar-refractivity contribution in [2.75, 3.05) is 12.3 Å². The SMILES string of the molecule is C[C@](N)(NS(=O)(=O)CCN)C(=O)O. The molecule has 0 heterocycles. The quantitative estimate of drug-likeness (QED) is 0.375. The summed E-state index contributed by atoms with van der Waals surface area (Å²) in [5, 5.41) is 8.49. The van der Waals surface area contributed by atoms with E-state index in [9.17, 15) is 13.2 Å². The first-order chi connectivity index (χ1) is 5.71. The molecule has 1 atom stereocenters. The summed E-state index contributed by atoms with van der Waals surface area (Å²) in [6.07, 6.45) is 0. The maximum atomic E-state index is 11.0. The Labute approximate surface area is 76.1 Å². The van der Waals surface area contributed by atoms with Crippen LogP contribution in [0.25, 0.3) is 0 Å². The summed E-state index contributed by atoms with van der Waals surface area (Å²) in [4.78, 5) is 10.4. The van der Waals surface area contributed by atoms with Gasteiger partial charge in [-0.3, -0.25) is 0 Å². The highest BCUT2D eigenvalue weighted by molar-refractivity contribution is 7.89. The van der Waals surface area contributed by atoms with Crippen LogP contribution in [0, 0.1) is 0 Å². The van der Waals surface area contributed by atoms with Gasteiger partial charge in [0.1, 0.15) is 0 Å². The van der Waals surface area contributed by atoms with Gasteiger partial charge in [0.25, 0.3) is 0 Å². The van der Waals surface area contributed by atoms with Crippen LogP contribution in [0.2, 0.25) is 0 Å². The van der Waals surface area contributed by atoms with Crippen LogP contribution in [0.1, 0.15) is 6.92 Å². The van der Waals surface area contributed by atoms with Crippen molar-refractivity contribution >= 4 is 16.0 Å². The van der Waals surface area contributed by atoms with Gasteiger partial charge < -0.3 is 16.6 Å². The van der Waals surface area contributed by atoms with Gasteiger partial charge in [-0.2, -0.15) is 4.72 Å². The second-order valence-electron chi connectivity index (χ2n) is 2.72. The van der Waals surface area contributed by atoms with Gasteiger partial charge in [-0.25, -0.2) is 13.2 Å². The van der Waals surface area contributed by atoms with Crippen molar-refractivity contribution in [2.24, 2.45) is 11.5 Å². The van der Waals surface area contributed by atoms with E-state index in [2.05, 4.69) is 0 Å². The lowest BCUT2D eigenvalue weighted by atomic mass is 10.2. The molecule has 0 fully saturated rings. The first kappa shape index (κ1) is 12.3. The highest BCUT2D eigenvalue weighted by atomic mass is 32.2. The lowest BCUT2D eigenvalue weighted by molar-refractivity contribution is -0.143. The Morgan fingerprint density at radius 2 is 2.08 bits per heavy atom. The molecule has 0 amide bonds. The van der Waals surface area contributed by atoms with Crippen molar-refractivity contribution in [3.63, 3.8) is 0 Å². The highest BCUT2D eigenvalue weighted by Crippen LogP contribution is 1.97. The molecule has 0 spiro atoms. The minimum absolute atomic E-state index is 0.0922. The number of rotatable bonds is 5. The average Bonchev–Trinajstić information content (AvgIpc) is 1.83. The van der Waals surface area contributed by atoms with E-state index in [1.807, 2.05) is 0 Å². The first-order valence-electron chi connectivity index (χ1n) is 3.45. The molecule has 0 aliphatic rings. The van der Waals surface area contributed by atoms with Crippen LogP contribution in [0.5, 0.6) is 0 Å². The summed E-state index contributed by atoms with van der Waals surface area (Å²) in [6, 6.07) is 0. The number of carboxylic acid groups (broad SMARTS) is 1. The minimum Gasteiger partial charge on any atom is -0.479 e. The van der Waals surface area contributed by atoms with Crippen LogP contribution >= 0.6 is 0 Å². The zero-order chi connectivity index (χ0) is 10.7. The van der Waals surface area contributed by atoms with Gasteiger partial charge >= 0.3 is 5.97 Å². The topological polar surface area (TPSA) is 136 Å². The van der Waals surface area contributed by atoms with Gasteiger partial charge in [0.2, 0.25) is 10.0 Å². The third-order valence-electron chi connectivity index (χ3n) is 1.20. The van der Waals surface area contributed by atoms with Crippen LogP contribution < -0.4 is 16.2 Å². The Hall–Kier alpha value is -0.700. The molecule has 0 radical (unpaired) electrons. The molecular formula is C5H13N3O4S. The largest absolute Gasteiger partial charge is 0.479 e. The summed E-state index contributed by atoms with van der Waals surface area (Å²) >= 11 is 0. The summed E-state index contributed by atoms with van der Waals surface area (Å²) < 4.78 is 23.8. The Kier molecular flexibility index (Phi) is 3.79. The van der Waals surface area contributed by atoms with E-state index >= 15 is 0 Å². The molecular weight excluding hydrogens is 198 g/mol. The number of carboxylic acids is 1. The minimum atomic E-state index is -3.72. The smallest absolute Gasteiger partial charge is 0.339 e. The van der Waals surface area contributed by atoms with Crippen molar-refractivity contribution in [3.8, 4) is 0 Å². The predicted octanol–water partition coefficient (Wildman–Crippen LogP) is -2.38. The molecule has 13 heavy (non-hydrogen) atoms. The van der Waals surface area contributed by atoms with Gasteiger partial charge in [0.05, 0.1) is 5.75 Å². The van der Waals surface area contributed by atoms with Crippen LogP contribution in [0.15, 0.2) is 0 Å². The predicted molar refractivity (Wildman–Crippen MR) is 46.2 cm³/mol. The van der Waals surface area contributed by atoms with E-state index in [4.69, 9.17) is 16.6 Å². The third-order valence-corrected chi connectivity index (χ3v) is 2.71. The Morgan fingerprint density at radius 3 is 2.38 bits per heavy atom. The Morgan fingerprint density at radius 1 is 1.62 bits per heavy atom. The fraction of sp³-hybridized carbons (Fsp3) is 0.800. The van der Waals surface area contributed by atoms with Crippen molar-refractivity contribution in [1.82, 2.24) is 4.72 Å². The second-order valence-corrected chi connectivity index (χ2v) is 4.56. The fourth-order valence-electron chi connectivity index (χ4n) is 0.573. The number of hydrogen-bond donors (Lipinski definition) is 4. The summed E-state index contributed by atoms with van der Waals surface area (Å²) in [5.41, 5.74) is 8.16. The van der Waals surface area contributed by atoms with Gasteiger partial charge in [-0.15, -0.1) is 0 Å². The third kappa shape index (κ3) is 4.18. The lowest BCUT2D eigenvalue weighted by Crippen LogP contribution is -2.59. The zero-order valence-electron chi connectivity index (χ0n) is 7.15. The molecule has 0 aromatic rings. The number of nitrogens with two attached hydrogens (primary N) is 2. The summed E-state index contributed by atoms with van der Waals surface area (Å²) in [6.45, 7) is 0.953. The molecule has 0 bridgehead atoms. The number of carbonyl (C=O) groups is 1. The summed E-state index contributed by atoms with van der Waals surface area (Å²) in [7, 11) is -3.72. The molecule has 7 nitrogen and oxygen atoms in total. The Balaban J connectivity index is 4.53. The number of sulfonamides is 1. The normalized spacial score (nSPS) is 16.5. The van der Waals surface area contributed by atoms with Crippen molar-refractivity contribution in [1.29, 1.82) is 0 Å². The molecule has 0 saturated heterocycles. The molecule has 6 N–H and O–H groups in total. The maximum absolute atomic E-state index is 11.0. The van der Waals surface area contributed by atoms with E-state index in [0.29, 0.717) is 0 Å². The van der Waals surface area contributed by atoms with E-state index in [0.717, 1.165) is 6.92 Å². The number of hydrogen-bond acceptors (Lipinski definition) is 5. The zero-order valence-corrected chi connectivity index (χ0v) is 7.97. The molecule has 78 valence electrons. The van der Waals surface area contributed by atoms with Crippen molar-refractivity contribution in [2.45, 2.75) is 12.6 Å². The molecule has 0 aliphatic heterocycles. The van der Waals surface area contributed by atoms with E-state index in [-0.39, 0.29) is 12.3 Å². The maximum Gasteiger partial charge on any atom is 0.339 e. The molecule has 0 rings (SSSR count). The molecule has 8 heteroatoms. The van der Waals surface area contributed by atoms with Crippen molar-refractivity contribution < 1.29 is 18.3 Å². The first-order valence-corrected chi connectivity index (χ1v) is 5.10. The molecule has 0 aromatic carbocycles. The van der Waals surface area contributed by atoms with Crippen LogP contribution in [0.3, 0.4) is 0 Å². The molecule has 0 aliphatic carbocycles. The monoisotopic (exact) mass is 211 g/mol. The number of nitrogens with one attached hydrogen (secondary N) is 1. The van der Waals surface area contributed by atoms with E-state index in [1.165, 1.54) is 0 Å². The summed E-state index contributed by atoms with van der Waals surface area (Å²) in [5.74, 6) is -1.80. The van der Waals surface area contributed by atoms with Gasteiger partial charge in [-0.05, 0) is 6.92 Å². The lowest BCUT2D eigenvalue weighted by Gasteiger charge is -2.20. The Bertz CT molecular complexity index is 284. The van der Waals surface area contributed by atoms with E-state index in [1.54, 1.807) is 4.72 Å².